The van der Waals surface area contributed by atoms with Crippen LogP contribution in [0.4, 0.5) is 10.5 Å². The van der Waals surface area contributed by atoms with Crippen LogP contribution < -0.4 is 10.1 Å². The molecule has 1 amide bonds. The molecule has 0 spiro atoms. The van der Waals surface area contributed by atoms with Crippen LogP contribution in [0.5, 0.6) is 5.75 Å². The van der Waals surface area contributed by atoms with Crippen molar-refractivity contribution in [2.75, 3.05) is 11.9 Å². The van der Waals surface area contributed by atoms with Crippen LogP contribution in [0.1, 0.15) is 39.5 Å². The normalized spacial score (nSPS) is 9.90. The maximum Gasteiger partial charge on any atom is 0.411 e. The largest absolute Gasteiger partial charge is 0.450 e. The zero-order chi connectivity index (χ0) is 14.8. The number of esters is 1. The lowest BCUT2D eigenvalue weighted by atomic mass is 10.2. The Hall–Kier alpha value is -2.04. The SMILES string of the molecule is CCCCCC(=O)Oc1cccc(NC(=O)OCC)c1. The van der Waals surface area contributed by atoms with Crippen molar-refractivity contribution in [1.29, 1.82) is 0 Å². The molecule has 0 aromatic heterocycles. The Morgan fingerprint density at radius 2 is 2.00 bits per heavy atom. The number of nitrogens with one attached hydrogen (secondary N) is 1. The first-order valence-corrected chi connectivity index (χ1v) is 6.90. The van der Waals surface area contributed by atoms with Gasteiger partial charge in [0.05, 0.1) is 6.61 Å². The number of hydrogen-bond donors (Lipinski definition) is 1. The Morgan fingerprint density at radius 1 is 1.20 bits per heavy atom. The number of ether oxygens (including phenoxy) is 2. The smallest absolute Gasteiger partial charge is 0.411 e. The van der Waals surface area contributed by atoms with Crippen LogP contribution in [-0.4, -0.2) is 18.7 Å². The summed E-state index contributed by atoms with van der Waals surface area (Å²) in [5.74, 6) is 0.160. The topological polar surface area (TPSA) is 64.6 Å². The fraction of sp³-hybridized carbons (Fsp3) is 0.467. The van der Waals surface area contributed by atoms with Gasteiger partial charge in [-0.1, -0.05) is 25.8 Å². The third kappa shape index (κ3) is 6.22. The highest BCUT2D eigenvalue weighted by Crippen LogP contribution is 2.18. The van der Waals surface area contributed by atoms with E-state index in [1.54, 1.807) is 31.2 Å². The molecule has 0 saturated heterocycles. The predicted molar refractivity (Wildman–Crippen MR) is 76.9 cm³/mol. The van der Waals surface area contributed by atoms with Gasteiger partial charge in [0.1, 0.15) is 5.75 Å². The molecule has 0 heterocycles. The molecule has 0 saturated carbocycles. The van der Waals surface area contributed by atoms with Gasteiger partial charge in [-0.3, -0.25) is 10.1 Å². The van der Waals surface area contributed by atoms with Crippen molar-refractivity contribution in [3.63, 3.8) is 0 Å². The van der Waals surface area contributed by atoms with Crippen molar-refractivity contribution in [2.45, 2.75) is 39.5 Å². The molecule has 5 heteroatoms. The Kier molecular flexibility index (Phi) is 7.17. The average molecular weight is 279 g/mol. The number of benzene rings is 1. The van der Waals surface area contributed by atoms with E-state index < -0.39 is 6.09 Å². The maximum atomic E-state index is 11.6. The highest BCUT2D eigenvalue weighted by Gasteiger charge is 2.07. The van der Waals surface area contributed by atoms with E-state index in [1.807, 2.05) is 0 Å². The number of carbonyl (C=O) groups excluding carboxylic acids is 2. The first kappa shape index (κ1) is 16.0. The summed E-state index contributed by atoms with van der Waals surface area (Å²) in [5.41, 5.74) is 0.530. The summed E-state index contributed by atoms with van der Waals surface area (Å²) in [6.07, 6.45) is 2.78. The van der Waals surface area contributed by atoms with Gasteiger partial charge in [0.15, 0.2) is 0 Å². The molecule has 1 aromatic carbocycles. The molecule has 5 nitrogen and oxygen atoms in total. The molecule has 0 fully saturated rings. The van der Waals surface area contributed by atoms with Crippen LogP contribution in [0, 0.1) is 0 Å². The Balaban J connectivity index is 2.50. The molecule has 1 aromatic rings. The van der Waals surface area contributed by atoms with Gasteiger partial charge >= 0.3 is 12.1 Å². The number of unbranched alkanes of at least 4 members (excludes halogenated alkanes) is 2. The lowest BCUT2D eigenvalue weighted by Crippen LogP contribution is -2.13. The highest BCUT2D eigenvalue weighted by molar-refractivity contribution is 5.85. The molecule has 110 valence electrons. The Morgan fingerprint density at radius 3 is 2.70 bits per heavy atom. The van der Waals surface area contributed by atoms with E-state index in [-0.39, 0.29) is 5.97 Å². The number of anilines is 1. The molecule has 0 unspecified atom stereocenters. The number of amides is 1. The van der Waals surface area contributed by atoms with E-state index in [4.69, 9.17) is 9.47 Å². The zero-order valence-electron chi connectivity index (χ0n) is 12.0. The van der Waals surface area contributed by atoms with Crippen LogP contribution in [0.3, 0.4) is 0 Å². The van der Waals surface area contributed by atoms with Gasteiger partial charge < -0.3 is 9.47 Å². The number of hydrogen-bond acceptors (Lipinski definition) is 4. The Bertz CT molecular complexity index is 445. The first-order valence-electron chi connectivity index (χ1n) is 6.90. The van der Waals surface area contributed by atoms with E-state index in [9.17, 15) is 9.59 Å². The number of rotatable bonds is 7. The molecule has 0 aliphatic rings. The molecule has 20 heavy (non-hydrogen) atoms. The minimum atomic E-state index is -0.529. The second-order valence-corrected chi connectivity index (χ2v) is 4.30. The van der Waals surface area contributed by atoms with Crippen molar-refractivity contribution in [3.05, 3.63) is 24.3 Å². The van der Waals surface area contributed by atoms with Gasteiger partial charge in [-0.2, -0.15) is 0 Å². The molecular weight excluding hydrogens is 258 g/mol. The van der Waals surface area contributed by atoms with E-state index in [1.165, 1.54) is 0 Å². The van der Waals surface area contributed by atoms with E-state index in [0.29, 0.717) is 24.5 Å². The summed E-state index contributed by atoms with van der Waals surface area (Å²) in [6, 6.07) is 6.67. The number of carbonyl (C=O) groups is 2. The van der Waals surface area contributed by atoms with E-state index in [2.05, 4.69) is 12.2 Å². The predicted octanol–water partition coefficient (Wildman–Crippen LogP) is 3.74. The van der Waals surface area contributed by atoms with Crippen LogP contribution in [0.2, 0.25) is 0 Å². The van der Waals surface area contributed by atoms with Crippen LogP contribution >= 0.6 is 0 Å². The molecule has 1 rings (SSSR count). The van der Waals surface area contributed by atoms with E-state index >= 15 is 0 Å². The van der Waals surface area contributed by atoms with Crippen LogP contribution in [0.15, 0.2) is 24.3 Å². The second-order valence-electron chi connectivity index (χ2n) is 4.30. The van der Waals surface area contributed by atoms with Gasteiger partial charge in [0.25, 0.3) is 0 Å². The van der Waals surface area contributed by atoms with Gasteiger partial charge in [0, 0.05) is 18.2 Å². The third-order valence-corrected chi connectivity index (χ3v) is 2.57. The molecular formula is C15H21NO4. The summed E-state index contributed by atoms with van der Waals surface area (Å²) >= 11 is 0. The Labute approximate surface area is 119 Å². The maximum absolute atomic E-state index is 11.6. The first-order chi connectivity index (χ1) is 9.65. The molecule has 0 aliphatic carbocycles. The van der Waals surface area contributed by atoms with Crippen molar-refractivity contribution in [1.82, 2.24) is 0 Å². The van der Waals surface area contributed by atoms with Crippen molar-refractivity contribution in [3.8, 4) is 5.75 Å². The van der Waals surface area contributed by atoms with E-state index in [0.717, 1.165) is 19.3 Å². The van der Waals surface area contributed by atoms with Gasteiger partial charge in [0.2, 0.25) is 0 Å². The lowest BCUT2D eigenvalue weighted by molar-refractivity contribution is -0.134. The minimum Gasteiger partial charge on any atom is -0.450 e. The summed E-state index contributed by atoms with van der Waals surface area (Å²) in [6.45, 7) is 4.11. The standard InChI is InChI=1S/C15H21NO4/c1-3-5-6-10-14(17)20-13-9-7-8-12(11-13)16-15(18)19-4-2/h7-9,11H,3-6,10H2,1-2H3,(H,16,18). The lowest BCUT2D eigenvalue weighted by Gasteiger charge is -2.08. The van der Waals surface area contributed by atoms with Crippen LogP contribution in [0.25, 0.3) is 0 Å². The van der Waals surface area contributed by atoms with Crippen molar-refractivity contribution >= 4 is 17.7 Å². The zero-order valence-corrected chi connectivity index (χ0v) is 12.0. The fourth-order valence-corrected chi connectivity index (χ4v) is 1.62. The molecule has 0 bridgehead atoms. The third-order valence-electron chi connectivity index (χ3n) is 2.57. The molecule has 0 radical (unpaired) electrons. The molecule has 0 atom stereocenters. The van der Waals surface area contributed by atoms with Crippen molar-refractivity contribution < 1.29 is 19.1 Å². The molecule has 1 N–H and O–H groups in total. The monoisotopic (exact) mass is 279 g/mol. The fourth-order valence-electron chi connectivity index (χ4n) is 1.62. The summed E-state index contributed by atoms with van der Waals surface area (Å²) < 4.78 is 9.99. The van der Waals surface area contributed by atoms with Crippen LogP contribution in [-0.2, 0) is 9.53 Å². The van der Waals surface area contributed by atoms with Gasteiger partial charge in [-0.25, -0.2) is 4.79 Å². The molecule has 0 aliphatic heterocycles. The highest BCUT2D eigenvalue weighted by atomic mass is 16.5. The summed E-state index contributed by atoms with van der Waals surface area (Å²) in [7, 11) is 0. The van der Waals surface area contributed by atoms with Gasteiger partial charge in [-0.05, 0) is 25.5 Å². The van der Waals surface area contributed by atoms with Crippen molar-refractivity contribution in [2.24, 2.45) is 0 Å². The summed E-state index contributed by atoms with van der Waals surface area (Å²) in [5, 5.41) is 2.56. The minimum absolute atomic E-state index is 0.258. The average Bonchev–Trinajstić information content (AvgIpc) is 2.39. The second kappa shape index (κ2) is 8.96. The van der Waals surface area contributed by atoms with Gasteiger partial charge in [-0.15, -0.1) is 0 Å². The quantitative estimate of drug-likeness (QED) is 0.469. The summed E-state index contributed by atoms with van der Waals surface area (Å²) in [4.78, 5) is 22.9.